The van der Waals surface area contributed by atoms with Crippen molar-refractivity contribution in [3.05, 3.63) is 94.7 Å². The minimum absolute atomic E-state index is 0.151. The Morgan fingerprint density at radius 1 is 0.871 bits per heavy atom. The molecule has 2 aromatic heterocycles. The Hall–Kier alpha value is -3.90. The molecular formula is C25H18N2O3S. The summed E-state index contributed by atoms with van der Waals surface area (Å²) in [5.41, 5.74) is 3.20. The molecule has 0 aliphatic rings. The van der Waals surface area contributed by atoms with Crippen LogP contribution in [0.5, 0.6) is 0 Å². The average molecular weight is 426 g/mol. The van der Waals surface area contributed by atoms with Crippen LogP contribution in [0.15, 0.2) is 88.7 Å². The predicted octanol–water partition coefficient (Wildman–Crippen LogP) is 6.18. The van der Waals surface area contributed by atoms with Gasteiger partial charge in [-0.2, -0.15) is 0 Å². The first-order valence-corrected chi connectivity index (χ1v) is 10.6. The van der Waals surface area contributed by atoms with E-state index in [1.54, 1.807) is 31.3 Å². The molecule has 0 atom stereocenters. The number of thiophene rings is 1. The van der Waals surface area contributed by atoms with Crippen LogP contribution >= 0.6 is 11.3 Å². The third-order valence-corrected chi connectivity index (χ3v) is 6.04. The molecule has 0 unspecified atom stereocenters. The predicted molar refractivity (Wildman–Crippen MR) is 125 cm³/mol. The van der Waals surface area contributed by atoms with Crippen molar-refractivity contribution < 1.29 is 14.0 Å². The summed E-state index contributed by atoms with van der Waals surface area (Å²) in [6, 6.07) is 24.1. The Kier molecular flexibility index (Phi) is 4.76. The summed E-state index contributed by atoms with van der Waals surface area (Å²) in [5, 5.41) is 6.75. The SMILES string of the molecule is CN(C(=O)c1cccs1)c1ccccc1C(=O)Nc1ccc2oc3ccccc3c2c1. The van der Waals surface area contributed by atoms with Gasteiger partial charge in [-0.1, -0.05) is 36.4 Å². The summed E-state index contributed by atoms with van der Waals surface area (Å²) >= 11 is 1.37. The van der Waals surface area contributed by atoms with Crippen LogP contribution < -0.4 is 10.2 Å². The lowest BCUT2D eigenvalue weighted by Gasteiger charge is -2.20. The van der Waals surface area contributed by atoms with E-state index in [2.05, 4.69) is 5.32 Å². The first-order chi connectivity index (χ1) is 15.1. The van der Waals surface area contributed by atoms with Crippen LogP contribution in [0, 0.1) is 0 Å². The molecule has 0 saturated heterocycles. The number of para-hydroxylation sites is 2. The number of anilines is 2. The Bertz CT molecular complexity index is 1420. The molecule has 0 aliphatic heterocycles. The zero-order chi connectivity index (χ0) is 21.4. The van der Waals surface area contributed by atoms with Crippen molar-refractivity contribution in [3.63, 3.8) is 0 Å². The number of carbonyl (C=O) groups excluding carboxylic acids is 2. The number of hydrogen-bond acceptors (Lipinski definition) is 4. The lowest BCUT2D eigenvalue weighted by Crippen LogP contribution is -2.28. The summed E-state index contributed by atoms with van der Waals surface area (Å²) in [5.74, 6) is -0.435. The van der Waals surface area contributed by atoms with E-state index < -0.39 is 0 Å². The van der Waals surface area contributed by atoms with Gasteiger partial charge in [-0.15, -0.1) is 11.3 Å². The fraction of sp³-hybridized carbons (Fsp3) is 0.0400. The van der Waals surface area contributed by atoms with Crippen molar-refractivity contribution in [2.45, 2.75) is 0 Å². The van der Waals surface area contributed by atoms with Crippen LogP contribution in [-0.4, -0.2) is 18.9 Å². The number of benzene rings is 3. The van der Waals surface area contributed by atoms with Gasteiger partial charge in [0, 0.05) is 23.5 Å². The molecule has 152 valence electrons. The van der Waals surface area contributed by atoms with E-state index in [9.17, 15) is 9.59 Å². The van der Waals surface area contributed by atoms with Gasteiger partial charge in [0.2, 0.25) is 0 Å². The Balaban J connectivity index is 1.46. The second-order valence-electron chi connectivity index (χ2n) is 7.12. The molecular weight excluding hydrogens is 408 g/mol. The van der Waals surface area contributed by atoms with Gasteiger partial charge in [0.1, 0.15) is 11.2 Å². The largest absolute Gasteiger partial charge is 0.456 e. The van der Waals surface area contributed by atoms with Gasteiger partial charge in [-0.25, -0.2) is 0 Å². The molecule has 0 radical (unpaired) electrons. The lowest BCUT2D eigenvalue weighted by molar-refractivity contribution is 0.0996. The van der Waals surface area contributed by atoms with Gasteiger partial charge in [0.15, 0.2) is 0 Å². The third-order valence-electron chi connectivity index (χ3n) is 5.18. The fourth-order valence-electron chi connectivity index (χ4n) is 3.64. The quantitative estimate of drug-likeness (QED) is 0.373. The smallest absolute Gasteiger partial charge is 0.268 e. The van der Waals surface area contributed by atoms with Crippen LogP contribution in [0.25, 0.3) is 21.9 Å². The van der Waals surface area contributed by atoms with E-state index in [1.807, 2.05) is 60.0 Å². The highest BCUT2D eigenvalue weighted by Gasteiger charge is 2.20. The van der Waals surface area contributed by atoms with Crippen LogP contribution in [0.2, 0.25) is 0 Å². The van der Waals surface area contributed by atoms with Gasteiger partial charge in [0.25, 0.3) is 11.8 Å². The van der Waals surface area contributed by atoms with Crippen molar-refractivity contribution in [3.8, 4) is 0 Å². The van der Waals surface area contributed by atoms with Crippen molar-refractivity contribution >= 4 is 56.5 Å². The van der Waals surface area contributed by atoms with Gasteiger partial charge < -0.3 is 14.6 Å². The maximum atomic E-state index is 13.1. The second kappa shape index (κ2) is 7.74. The molecule has 2 heterocycles. The maximum Gasteiger partial charge on any atom is 0.268 e. The molecule has 1 N–H and O–H groups in total. The second-order valence-corrected chi connectivity index (χ2v) is 8.07. The molecule has 0 fully saturated rings. The van der Waals surface area contributed by atoms with Crippen molar-refractivity contribution in [1.82, 2.24) is 0 Å². The molecule has 5 rings (SSSR count). The zero-order valence-corrected chi connectivity index (χ0v) is 17.5. The summed E-state index contributed by atoms with van der Waals surface area (Å²) in [6.45, 7) is 0. The molecule has 5 nitrogen and oxygen atoms in total. The van der Waals surface area contributed by atoms with Crippen molar-refractivity contribution in [1.29, 1.82) is 0 Å². The van der Waals surface area contributed by atoms with E-state index in [0.717, 1.165) is 21.9 Å². The van der Waals surface area contributed by atoms with E-state index in [1.165, 1.54) is 16.2 Å². The summed E-state index contributed by atoms with van der Waals surface area (Å²) < 4.78 is 5.85. The zero-order valence-electron chi connectivity index (χ0n) is 16.7. The number of carbonyl (C=O) groups is 2. The molecule has 3 aromatic carbocycles. The standard InChI is InChI=1S/C25H18N2O3S/c1-27(25(29)23-11-6-14-31-23)20-9-4-2-8-18(20)24(28)26-16-12-13-22-19(15-16)17-7-3-5-10-21(17)30-22/h2-15H,1H3,(H,26,28). The Labute approximate surface area is 182 Å². The highest BCUT2D eigenvalue weighted by molar-refractivity contribution is 7.12. The van der Waals surface area contributed by atoms with Crippen LogP contribution in [0.4, 0.5) is 11.4 Å². The average Bonchev–Trinajstić information content (AvgIpc) is 3.46. The topological polar surface area (TPSA) is 62.6 Å². The van der Waals surface area contributed by atoms with E-state index in [-0.39, 0.29) is 11.8 Å². The molecule has 31 heavy (non-hydrogen) atoms. The van der Waals surface area contributed by atoms with E-state index in [4.69, 9.17) is 4.42 Å². The number of fused-ring (bicyclic) bond motifs is 3. The number of furan rings is 1. The van der Waals surface area contributed by atoms with Gasteiger partial charge in [-0.05, 0) is 47.8 Å². The normalized spacial score (nSPS) is 11.0. The number of nitrogens with zero attached hydrogens (tertiary/aromatic N) is 1. The Morgan fingerprint density at radius 3 is 2.48 bits per heavy atom. The number of hydrogen-bond donors (Lipinski definition) is 1. The lowest BCUT2D eigenvalue weighted by atomic mass is 10.1. The van der Waals surface area contributed by atoms with Crippen LogP contribution in [0.3, 0.4) is 0 Å². The molecule has 0 saturated carbocycles. The molecule has 0 bridgehead atoms. The highest BCUT2D eigenvalue weighted by atomic mass is 32.1. The number of amides is 2. The monoisotopic (exact) mass is 426 g/mol. The first kappa shape index (κ1) is 19.1. The van der Waals surface area contributed by atoms with Crippen LogP contribution in [0.1, 0.15) is 20.0 Å². The molecule has 6 heteroatoms. The summed E-state index contributed by atoms with van der Waals surface area (Å²) in [4.78, 5) is 28.0. The van der Waals surface area contributed by atoms with Crippen LogP contribution in [-0.2, 0) is 0 Å². The van der Waals surface area contributed by atoms with E-state index in [0.29, 0.717) is 21.8 Å². The molecule has 0 aliphatic carbocycles. The maximum absolute atomic E-state index is 13.1. The van der Waals surface area contributed by atoms with Gasteiger partial charge in [-0.3, -0.25) is 9.59 Å². The van der Waals surface area contributed by atoms with E-state index >= 15 is 0 Å². The third kappa shape index (κ3) is 3.47. The van der Waals surface area contributed by atoms with Crippen molar-refractivity contribution in [2.75, 3.05) is 17.3 Å². The minimum atomic E-state index is -0.284. The number of nitrogens with one attached hydrogen (secondary N) is 1. The molecule has 2 amide bonds. The summed E-state index contributed by atoms with van der Waals surface area (Å²) in [7, 11) is 1.68. The summed E-state index contributed by atoms with van der Waals surface area (Å²) in [6.07, 6.45) is 0. The first-order valence-electron chi connectivity index (χ1n) is 9.75. The minimum Gasteiger partial charge on any atom is -0.456 e. The van der Waals surface area contributed by atoms with Gasteiger partial charge >= 0.3 is 0 Å². The Morgan fingerprint density at radius 2 is 1.65 bits per heavy atom. The molecule has 0 spiro atoms. The van der Waals surface area contributed by atoms with Crippen molar-refractivity contribution in [2.24, 2.45) is 0 Å². The number of rotatable bonds is 4. The van der Waals surface area contributed by atoms with Gasteiger partial charge in [0.05, 0.1) is 16.1 Å². The molecule has 5 aromatic rings. The highest BCUT2D eigenvalue weighted by Crippen LogP contribution is 2.31. The fourth-order valence-corrected chi connectivity index (χ4v) is 4.33.